The molecule has 19 heavy (non-hydrogen) atoms. The molecular formula is C14H22N4S. The number of unbranched alkanes of at least 4 members (excludes halogenated alkanes) is 3. The smallest absolute Gasteiger partial charge is 0.225 e. The summed E-state index contributed by atoms with van der Waals surface area (Å²) in [4.78, 5) is 11.3. The second kappa shape index (κ2) is 6.70. The summed E-state index contributed by atoms with van der Waals surface area (Å²) in [5, 5.41) is 7.61. The van der Waals surface area contributed by atoms with Gasteiger partial charge in [-0.15, -0.1) is 11.3 Å². The Morgan fingerprint density at radius 1 is 1.21 bits per heavy atom. The molecule has 0 aliphatic rings. The highest BCUT2D eigenvalue weighted by molar-refractivity contribution is 7.18. The summed E-state index contributed by atoms with van der Waals surface area (Å²) in [6.45, 7) is 5.31. The number of thiophene rings is 1. The molecule has 0 spiro atoms. The van der Waals surface area contributed by atoms with Crippen LogP contribution in [0.25, 0.3) is 10.2 Å². The number of aromatic nitrogens is 2. The summed E-state index contributed by atoms with van der Waals surface area (Å²) in [6.07, 6.45) is 5.04. The van der Waals surface area contributed by atoms with Crippen LogP contribution in [0.4, 0.5) is 11.8 Å². The standard InChI is InChI=1S/C14H22N4S/c1-4-5-6-7-8-16-12-11-9-10(2)19-13(11)18-14(15-3)17-12/h9H,4-8H2,1-3H3,(H2,15,16,17,18). The van der Waals surface area contributed by atoms with E-state index in [1.54, 1.807) is 11.3 Å². The largest absolute Gasteiger partial charge is 0.369 e. The van der Waals surface area contributed by atoms with Crippen LogP contribution in [-0.4, -0.2) is 23.6 Å². The highest BCUT2D eigenvalue weighted by atomic mass is 32.1. The summed E-state index contributed by atoms with van der Waals surface area (Å²) in [5.74, 6) is 1.64. The third-order valence-corrected chi connectivity index (χ3v) is 4.01. The molecule has 0 saturated carbocycles. The fourth-order valence-electron chi connectivity index (χ4n) is 2.05. The first-order chi connectivity index (χ1) is 9.24. The van der Waals surface area contributed by atoms with Gasteiger partial charge in [0.15, 0.2) is 0 Å². The van der Waals surface area contributed by atoms with Crippen LogP contribution in [-0.2, 0) is 0 Å². The zero-order chi connectivity index (χ0) is 13.7. The van der Waals surface area contributed by atoms with E-state index in [-0.39, 0.29) is 0 Å². The molecule has 0 aromatic carbocycles. The maximum absolute atomic E-state index is 4.52. The van der Waals surface area contributed by atoms with Crippen LogP contribution in [0.2, 0.25) is 0 Å². The Balaban J connectivity index is 2.11. The van der Waals surface area contributed by atoms with Gasteiger partial charge in [0, 0.05) is 18.5 Å². The summed E-state index contributed by atoms with van der Waals surface area (Å²) in [6, 6.07) is 2.16. The van der Waals surface area contributed by atoms with Crippen molar-refractivity contribution in [3.05, 3.63) is 10.9 Å². The normalized spacial score (nSPS) is 10.9. The van der Waals surface area contributed by atoms with Gasteiger partial charge >= 0.3 is 0 Å². The SMILES string of the molecule is CCCCCCNc1nc(NC)nc2sc(C)cc12. The molecule has 0 saturated heterocycles. The molecule has 4 nitrogen and oxygen atoms in total. The van der Waals surface area contributed by atoms with Gasteiger partial charge in [0.2, 0.25) is 5.95 Å². The van der Waals surface area contributed by atoms with Crippen molar-refractivity contribution in [1.82, 2.24) is 9.97 Å². The molecule has 2 rings (SSSR count). The second-order valence-electron chi connectivity index (χ2n) is 4.71. The van der Waals surface area contributed by atoms with Gasteiger partial charge in [-0.1, -0.05) is 26.2 Å². The van der Waals surface area contributed by atoms with Crippen LogP contribution in [0.3, 0.4) is 0 Å². The van der Waals surface area contributed by atoms with Crippen molar-refractivity contribution in [2.24, 2.45) is 0 Å². The molecular weight excluding hydrogens is 256 g/mol. The van der Waals surface area contributed by atoms with Crippen molar-refractivity contribution in [2.75, 3.05) is 24.2 Å². The first-order valence-electron chi connectivity index (χ1n) is 6.94. The Labute approximate surface area is 118 Å². The number of rotatable bonds is 7. The summed E-state index contributed by atoms with van der Waals surface area (Å²) < 4.78 is 0. The van der Waals surface area contributed by atoms with E-state index in [1.165, 1.54) is 30.6 Å². The van der Waals surface area contributed by atoms with Crippen molar-refractivity contribution in [3.8, 4) is 0 Å². The Morgan fingerprint density at radius 2 is 2.05 bits per heavy atom. The van der Waals surface area contributed by atoms with Crippen molar-refractivity contribution in [3.63, 3.8) is 0 Å². The lowest BCUT2D eigenvalue weighted by Crippen LogP contribution is -2.06. The van der Waals surface area contributed by atoms with Crippen LogP contribution < -0.4 is 10.6 Å². The maximum atomic E-state index is 4.52. The predicted octanol–water partition coefficient (Wildman–Crippen LogP) is 4.03. The monoisotopic (exact) mass is 278 g/mol. The van der Waals surface area contributed by atoms with Crippen LogP contribution in [0.1, 0.15) is 37.5 Å². The molecule has 104 valence electrons. The zero-order valence-corrected chi connectivity index (χ0v) is 12.7. The molecule has 0 amide bonds. The van der Waals surface area contributed by atoms with Crippen molar-refractivity contribution in [2.45, 2.75) is 39.5 Å². The van der Waals surface area contributed by atoms with Gasteiger partial charge in [-0.2, -0.15) is 4.98 Å². The number of fused-ring (bicyclic) bond motifs is 1. The minimum atomic E-state index is 0.686. The van der Waals surface area contributed by atoms with E-state index in [1.807, 2.05) is 7.05 Å². The minimum Gasteiger partial charge on any atom is -0.369 e. The van der Waals surface area contributed by atoms with Crippen LogP contribution in [0, 0.1) is 6.92 Å². The summed E-state index contributed by atoms with van der Waals surface area (Å²) in [7, 11) is 1.85. The lowest BCUT2D eigenvalue weighted by atomic mass is 10.2. The van der Waals surface area contributed by atoms with Gasteiger partial charge in [0.25, 0.3) is 0 Å². The maximum Gasteiger partial charge on any atom is 0.225 e. The third-order valence-electron chi connectivity index (χ3n) is 3.06. The highest BCUT2D eigenvalue weighted by Gasteiger charge is 2.09. The second-order valence-corrected chi connectivity index (χ2v) is 5.94. The molecule has 2 aromatic rings. The molecule has 0 atom stereocenters. The average molecular weight is 278 g/mol. The minimum absolute atomic E-state index is 0.686. The lowest BCUT2D eigenvalue weighted by molar-refractivity contribution is 0.684. The van der Waals surface area contributed by atoms with Gasteiger partial charge in [-0.05, 0) is 19.4 Å². The molecule has 5 heteroatoms. The van der Waals surface area contributed by atoms with Crippen molar-refractivity contribution < 1.29 is 0 Å². The summed E-state index contributed by atoms with van der Waals surface area (Å²) in [5.41, 5.74) is 0. The van der Waals surface area contributed by atoms with Gasteiger partial charge in [0.1, 0.15) is 10.6 Å². The van der Waals surface area contributed by atoms with E-state index >= 15 is 0 Å². The fourth-order valence-corrected chi connectivity index (χ4v) is 2.93. The molecule has 2 aromatic heterocycles. The summed E-state index contributed by atoms with van der Waals surface area (Å²) >= 11 is 1.71. The van der Waals surface area contributed by atoms with Crippen LogP contribution >= 0.6 is 11.3 Å². The molecule has 0 fully saturated rings. The lowest BCUT2D eigenvalue weighted by Gasteiger charge is -2.08. The third kappa shape index (κ3) is 3.56. The van der Waals surface area contributed by atoms with E-state index in [4.69, 9.17) is 0 Å². The first kappa shape index (κ1) is 14.1. The van der Waals surface area contributed by atoms with E-state index in [2.05, 4.69) is 40.5 Å². The highest BCUT2D eigenvalue weighted by Crippen LogP contribution is 2.29. The Hall–Kier alpha value is -1.36. The van der Waals surface area contributed by atoms with Gasteiger partial charge in [-0.3, -0.25) is 0 Å². The zero-order valence-electron chi connectivity index (χ0n) is 11.9. The number of anilines is 2. The molecule has 0 bridgehead atoms. The number of aryl methyl sites for hydroxylation is 1. The van der Waals surface area contributed by atoms with E-state index in [0.717, 1.165) is 22.6 Å². The molecule has 0 aliphatic heterocycles. The van der Waals surface area contributed by atoms with E-state index in [9.17, 15) is 0 Å². The number of nitrogens with one attached hydrogen (secondary N) is 2. The Morgan fingerprint density at radius 3 is 2.79 bits per heavy atom. The molecule has 0 aliphatic carbocycles. The number of nitrogens with zero attached hydrogens (tertiary/aromatic N) is 2. The van der Waals surface area contributed by atoms with E-state index < -0.39 is 0 Å². The quantitative estimate of drug-likeness (QED) is 0.751. The predicted molar refractivity (Wildman–Crippen MR) is 84.3 cm³/mol. The van der Waals surface area contributed by atoms with Crippen LogP contribution in [0.15, 0.2) is 6.07 Å². The number of hydrogen-bond acceptors (Lipinski definition) is 5. The first-order valence-corrected chi connectivity index (χ1v) is 7.76. The molecule has 0 radical (unpaired) electrons. The van der Waals surface area contributed by atoms with Gasteiger partial charge in [-0.25, -0.2) is 4.98 Å². The number of hydrogen-bond donors (Lipinski definition) is 2. The Bertz CT molecular complexity index is 535. The molecule has 0 unspecified atom stereocenters. The Kier molecular flexibility index (Phi) is 4.96. The van der Waals surface area contributed by atoms with Gasteiger partial charge < -0.3 is 10.6 Å². The molecule has 2 heterocycles. The molecule has 2 N–H and O–H groups in total. The average Bonchev–Trinajstić information content (AvgIpc) is 2.78. The van der Waals surface area contributed by atoms with Crippen LogP contribution in [0.5, 0.6) is 0 Å². The van der Waals surface area contributed by atoms with E-state index in [0.29, 0.717) is 5.95 Å². The van der Waals surface area contributed by atoms with Crippen molar-refractivity contribution >= 4 is 33.3 Å². The van der Waals surface area contributed by atoms with Crippen molar-refractivity contribution in [1.29, 1.82) is 0 Å². The fraction of sp³-hybridized carbons (Fsp3) is 0.571. The van der Waals surface area contributed by atoms with Gasteiger partial charge in [0.05, 0.1) is 5.39 Å². The topological polar surface area (TPSA) is 49.8 Å².